The molecule has 0 bridgehead atoms. The number of Topliss-reactive ketones (excluding diaryl/α,β-unsaturated/α-hetero) is 1. The zero-order chi connectivity index (χ0) is 13.3. The number of carbonyl (C=O) groups excluding carboxylic acids is 1. The molecule has 1 aromatic rings. The topological polar surface area (TPSA) is 20.3 Å². The Balaban J connectivity index is 2.10. The summed E-state index contributed by atoms with van der Waals surface area (Å²) in [7, 11) is 0. The van der Waals surface area contributed by atoms with E-state index in [0.717, 1.165) is 11.4 Å². The summed E-state index contributed by atoms with van der Waals surface area (Å²) in [5, 5.41) is 0. The lowest BCUT2D eigenvalue weighted by Gasteiger charge is -2.40. The third kappa shape index (κ3) is 2.95. The summed E-state index contributed by atoms with van der Waals surface area (Å²) in [6.07, 6.45) is 2.45. The number of ketones is 1. The van der Waals surface area contributed by atoms with Crippen LogP contribution >= 0.6 is 22.9 Å². The molecular formula is C14H20ClNOS. The molecule has 0 radical (unpaired) electrons. The molecule has 0 spiro atoms. The van der Waals surface area contributed by atoms with E-state index in [-0.39, 0.29) is 11.8 Å². The van der Waals surface area contributed by atoms with Crippen molar-refractivity contribution in [1.82, 2.24) is 4.90 Å². The molecular weight excluding hydrogens is 266 g/mol. The number of carbonyl (C=O) groups is 1. The Hall–Kier alpha value is -0.380. The van der Waals surface area contributed by atoms with E-state index < -0.39 is 0 Å². The number of thiophene rings is 1. The van der Waals surface area contributed by atoms with Crippen molar-refractivity contribution >= 4 is 28.7 Å². The van der Waals surface area contributed by atoms with Crippen LogP contribution in [0.1, 0.15) is 43.3 Å². The molecule has 18 heavy (non-hydrogen) atoms. The van der Waals surface area contributed by atoms with Crippen LogP contribution in [0.15, 0.2) is 12.1 Å². The van der Waals surface area contributed by atoms with Gasteiger partial charge in [0.25, 0.3) is 0 Å². The largest absolute Gasteiger partial charge is 0.291 e. The van der Waals surface area contributed by atoms with Gasteiger partial charge >= 0.3 is 0 Å². The minimum Gasteiger partial charge on any atom is -0.291 e. The molecule has 1 aliphatic heterocycles. The number of rotatable bonds is 3. The van der Waals surface area contributed by atoms with Gasteiger partial charge in [-0.05, 0) is 44.7 Å². The fourth-order valence-corrected chi connectivity index (χ4v) is 3.73. The molecule has 100 valence electrons. The van der Waals surface area contributed by atoms with Crippen LogP contribution in [0.3, 0.4) is 0 Å². The molecule has 1 saturated heterocycles. The average Bonchev–Trinajstić information content (AvgIpc) is 2.77. The first-order valence-corrected chi connectivity index (χ1v) is 7.73. The van der Waals surface area contributed by atoms with Gasteiger partial charge in [0.05, 0.1) is 15.3 Å². The predicted molar refractivity (Wildman–Crippen MR) is 77.7 cm³/mol. The van der Waals surface area contributed by atoms with Crippen molar-refractivity contribution in [3.63, 3.8) is 0 Å². The number of likely N-dealkylation sites (tertiary alicyclic amines) is 1. The minimum absolute atomic E-state index is 0.0440. The summed E-state index contributed by atoms with van der Waals surface area (Å²) in [6.45, 7) is 7.52. The molecule has 2 heterocycles. The summed E-state index contributed by atoms with van der Waals surface area (Å²) in [4.78, 5) is 15.5. The highest BCUT2D eigenvalue weighted by atomic mass is 35.5. The van der Waals surface area contributed by atoms with Crippen LogP contribution in [0.2, 0.25) is 4.34 Å². The molecule has 0 saturated carbocycles. The van der Waals surface area contributed by atoms with Crippen LogP contribution in [-0.4, -0.2) is 29.3 Å². The van der Waals surface area contributed by atoms with E-state index in [2.05, 4.69) is 18.7 Å². The summed E-state index contributed by atoms with van der Waals surface area (Å²) in [5.41, 5.74) is 0. The third-order valence-electron chi connectivity index (χ3n) is 3.86. The van der Waals surface area contributed by atoms with Crippen molar-refractivity contribution in [3.05, 3.63) is 21.3 Å². The molecule has 1 fully saturated rings. The van der Waals surface area contributed by atoms with Crippen molar-refractivity contribution in [2.75, 3.05) is 6.54 Å². The van der Waals surface area contributed by atoms with Crippen LogP contribution in [0.4, 0.5) is 0 Å². The first-order valence-electron chi connectivity index (χ1n) is 6.54. The standard InChI is InChI=1S/C14H20ClNOS/c1-9-4-5-10(2)16(8-9)11(3)14(17)12-6-7-13(15)18-12/h6-7,9-11H,4-5,8H2,1-3H3. The molecule has 2 nitrogen and oxygen atoms in total. The van der Waals surface area contributed by atoms with Gasteiger partial charge in [-0.25, -0.2) is 0 Å². The molecule has 0 N–H and O–H groups in total. The maximum Gasteiger partial charge on any atom is 0.189 e. The monoisotopic (exact) mass is 285 g/mol. The van der Waals surface area contributed by atoms with E-state index in [1.54, 1.807) is 6.07 Å². The summed E-state index contributed by atoms with van der Waals surface area (Å²) < 4.78 is 0.686. The summed E-state index contributed by atoms with van der Waals surface area (Å²) in [6, 6.07) is 4.09. The van der Waals surface area contributed by atoms with Crippen molar-refractivity contribution in [2.24, 2.45) is 5.92 Å². The Kier molecular flexibility index (Phi) is 4.46. The maximum atomic E-state index is 12.4. The fourth-order valence-electron chi connectivity index (χ4n) is 2.67. The zero-order valence-corrected chi connectivity index (χ0v) is 12.7. The van der Waals surface area contributed by atoms with Crippen molar-refractivity contribution in [1.29, 1.82) is 0 Å². The lowest BCUT2D eigenvalue weighted by molar-refractivity contribution is 0.0611. The average molecular weight is 286 g/mol. The van der Waals surface area contributed by atoms with Gasteiger partial charge in [-0.1, -0.05) is 18.5 Å². The highest BCUT2D eigenvalue weighted by Crippen LogP contribution is 2.27. The first-order chi connectivity index (χ1) is 8.49. The number of halogens is 1. The lowest BCUT2D eigenvalue weighted by Crippen LogP contribution is -2.49. The molecule has 3 atom stereocenters. The third-order valence-corrected chi connectivity index (χ3v) is 5.10. The lowest BCUT2D eigenvalue weighted by atomic mass is 9.93. The van der Waals surface area contributed by atoms with Crippen molar-refractivity contribution < 1.29 is 4.79 Å². The van der Waals surface area contributed by atoms with Crippen LogP contribution in [0.5, 0.6) is 0 Å². The van der Waals surface area contributed by atoms with E-state index in [1.165, 1.54) is 24.2 Å². The van der Waals surface area contributed by atoms with Gasteiger partial charge in [-0.15, -0.1) is 11.3 Å². The minimum atomic E-state index is -0.0440. The first kappa shape index (κ1) is 14.0. The normalized spacial score (nSPS) is 27.1. The second-order valence-corrected chi connectivity index (χ2v) is 7.09. The quantitative estimate of drug-likeness (QED) is 0.780. The molecule has 0 aliphatic carbocycles. The van der Waals surface area contributed by atoms with Gasteiger partial charge in [0, 0.05) is 12.6 Å². The Morgan fingerprint density at radius 3 is 2.78 bits per heavy atom. The number of nitrogens with zero attached hydrogens (tertiary/aromatic N) is 1. The second-order valence-electron chi connectivity index (χ2n) is 5.37. The second kappa shape index (κ2) is 5.72. The van der Waals surface area contributed by atoms with Gasteiger partial charge in [0.1, 0.15) is 0 Å². The van der Waals surface area contributed by atoms with Gasteiger partial charge in [0.15, 0.2) is 5.78 Å². The van der Waals surface area contributed by atoms with Crippen LogP contribution in [0.25, 0.3) is 0 Å². The van der Waals surface area contributed by atoms with E-state index in [4.69, 9.17) is 11.6 Å². The molecule has 0 aromatic carbocycles. The van der Waals surface area contributed by atoms with E-state index >= 15 is 0 Å². The van der Waals surface area contributed by atoms with E-state index in [1.807, 2.05) is 13.0 Å². The zero-order valence-electron chi connectivity index (χ0n) is 11.1. The predicted octanol–water partition coefficient (Wildman–Crippen LogP) is 4.09. The van der Waals surface area contributed by atoms with Gasteiger partial charge in [0.2, 0.25) is 0 Å². The maximum absolute atomic E-state index is 12.4. The van der Waals surface area contributed by atoms with Crippen molar-refractivity contribution in [3.8, 4) is 0 Å². The number of hydrogen-bond acceptors (Lipinski definition) is 3. The molecule has 4 heteroatoms. The van der Waals surface area contributed by atoms with Gasteiger partial charge in [-0.2, -0.15) is 0 Å². The Labute approximate surface area is 118 Å². The Morgan fingerprint density at radius 2 is 2.17 bits per heavy atom. The van der Waals surface area contributed by atoms with Crippen LogP contribution in [0, 0.1) is 5.92 Å². The van der Waals surface area contributed by atoms with E-state index in [0.29, 0.717) is 16.3 Å². The van der Waals surface area contributed by atoms with Crippen molar-refractivity contribution in [2.45, 2.75) is 45.7 Å². The Morgan fingerprint density at radius 1 is 1.44 bits per heavy atom. The molecule has 1 aromatic heterocycles. The van der Waals surface area contributed by atoms with Gasteiger partial charge < -0.3 is 0 Å². The smallest absolute Gasteiger partial charge is 0.189 e. The van der Waals surface area contributed by atoms with Crippen LogP contribution in [-0.2, 0) is 0 Å². The fraction of sp³-hybridized carbons (Fsp3) is 0.643. The SMILES string of the molecule is CC1CCC(C)N(C(C)C(=O)c2ccc(Cl)s2)C1. The molecule has 1 aliphatic rings. The van der Waals surface area contributed by atoms with Crippen LogP contribution < -0.4 is 0 Å². The van der Waals surface area contributed by atoms with E-state index in [9.17, 15) is 4.79 Å². The molecule has 2 rings (SSSR count). The number of piperidine rings is 1. The highest BCUT2D eigenvalue weighted by molar-refractivity contribution is 7.18. The summed E-state index contributed by atoms with van der Waals surface area (Å²) in [5.74, 6) is 0.885. The highest BCUT2D eigenvalue weighted by Gasteiger charge is 2.31. The molecule has 3 unspecified atom stereocenters. The molecule has 0 amide bonds. The summed E-state index contributed by atoms with van der Waals surface area (Å²) >= 11 is 7.28. The van der Waals surface area contributed by atoms with Gasteiger partial charge in [-0.3, -0.25) is 9.69 Å². The number of hydrogen-bond donors (Lipinski definition) is 0. The Bertz CT molecular complexity index is 431.